The third-order valence-corrected chi connectivity index (χ3v) is 5.58. The van der Waals surface area contributed by atoms with Gasteiger partial charge in [-0.3, -0.25) is 14.9 Å². The summed E-state index contributed by atoms with van der Waals surface area (Å²) in [6, 6.07) is 12.7. The van der Waals surface area contributed by atoms with E-state index in [1.165, 1.54) is 24.1 Å². The largest absolute Gasteiger partial charge is 0.397 e. The molecule has 1 unspecified atom stereocenters. The Balaban J connectivity index is 1.61. The summed E-state index contributed by atoms with van der Waals surface area (Å²) in [4.78, 5) is 13.8. The van der Waals surface area contributed by atoms with E-state index in [0.29, 0.717) is 6.04 Å². The number of benzene rings is 1. The second kappa shape index (κ2) is 11.6. The van der Waals surface area contributed by atoms with Crippen LogP contribution in [0, 0.1) is 0 Å². The van der Waals surface area contributed by atoms with Crippen molar-refractivity contribution in [2.45, 2.75) is 38.1 Å². The number of para-hydroxylation sites is 2. The van der Waals surface area contributed by atoms with E-state index in [-0.39, 0.29) is 0 Å². The van der Waals surface area contributed by atoms with Gasteiger partial charge in [-0.25, -0.2) is 0 Å². The van der Waals surface area contributed by atoms with E-state index in [9.17, 15) is 0 Å². The van der Waals surface area contributed by atoms with Gasteiger partial charge in [0.15, 0.2) is 0 Å². The Morgan fingerprint density at radius 3 is 2.87 bits per heavy atom. The van der Waals surface area contributed by atoms with Crippen LogP contribution in [0.15, 0.2) is 47.6 Å². The summed E-state index contributed by atoms with van der Waals surface area (Å²) in [5.74, 6) is 0. The van der Waals surface area contributed by atoms with E-state index in [4.69, 9.17) is 10.7 Å². The number of aliphatic imine (C=N–C) groups is 1. The van der Waals surface area contributed by atoms with E-state index < -0.39 is 0 Å². The highest BCUT2D eigenvalue weighted by Gasteiger charge is 2.26. The van der Waals surface area contributed by atoms with Gasteiger partial charge in [-0.15, -0.1) is 0 Å². The van der Waals surface area contributed by atoms with Gasteiger partial charge < -0.3 is 16.0 Å². The van der Waals surface area contributed by atoms with Crippen LogP contribution in [0.5, 0.6) is 0 Å². The zero-order chi connectivity index (χ0) is 21.2. The lowest BCUT2D eigenvalue weighted by atomic mass is 9.90. The van der Waals surface area contributed by atoms with Crippen LogP contribution in [-0.2, 0) is 6.42 Å². The molecule has 162 valence electrons. The maximum absolute atomic E-state index is 6.09. The van der Waals surface area contributed by atoms with Gasteiger partial charge in [-0.2, -0.15) is 0 Å². The second-order valence-corrected chi connectivity index (χ2v) is 8.20. The van der Waals surface area contributed by atoms with Gasteiger partial charge in [0.05, 0.1) is 29.4 Å². The van der Waals surface area contributed by atoms with Gasteiger partial charge in [0.2, 0.25) is 0 Å². The van der Waals surface area contributed by atoms with Crippen LogP contribution in [0.1, 0.15) is 43.0 Å². The molecule has 0 radical (unpaired) electrons. The molecule has 0 bridgehead atoms. The van der Waals surface area contributed by atoms with Gasteiger partial charge in [0, 0.05) is 39.9 Å². The minimum absolute atomic E-state index is 0.398. The molecule has 3 rings (SSSR count). The molecule has 2 aromatic rings. The third-order valence-electron chi connectivity index (χ3n) is 5.58. The molecule has 1 aromatic carbocycles. The maximum atomic E-state index is 6.09. The Bertz CT molecular complexity index is 804. The van der Waals surface area contributed by atoms with Gasteiger partial charge in [0.25, 0.3) is 0 Å². The zero-order valence-electron chi connectivity index (χ0n) is 18.4. The van der Waals surface area contributed by atoms with E-state index in [2.05, 4.69) is 27.3 Å². The lowest BCUT2D eigenvalue weighted by Crippen LogP contribution is -2.36. The molecule has 6 nitrogen and oxygen atoms in total. The van der Waals surface area contributed by atoms with Crippen molar-refractivity contribution in [2.75, 3.05) is 51.3 Å². The highest BCUT2D eigenvalue weighted by molar-refractivity contribution is 5.65. The first-order valence-corrected chi connectivity index (χ1v) is 11.1. The van der Waals surface area contributed by atoms with Crippen molar-refractivity contribution in [1.82, 2.24) is 14.8 Å². The molecule has 1 atom stereocenters. The fourth-order valence-corrected chi connectivity index (χ4v) is 4.10. The number of fused-ring (bicyclic) bond motifs is 1. The molecule has 3 N–H and O–H groups in total. The topological polar surface area (TPSA) is 69.8 Å². The molecule has 1 aromatic heterocycles. The SMILES string of the molecule is CN(C)C=NCCCCN(CCNc1ccccc1N)C1CCCc2cccnc21. The number of aryl methyl sites for hydroxylation is 1. The normalized spacial score (nSPS) is 16.0. The summed E-state index contributed by atoms with van der Waals surface area (Å²) >= 11 is 0. The van der Waals surface area contributed by atoms with Crippen LogP contribution < -0.4 is 11.1 Å². The molecule has 6 heteroatoms. The van der Waals surface area contributed by atoms with Crippen LogP contribution in [0.2, 0.25) is 0 Å². The number of nitrogen functional groups attached to an aromatic ring is 1. The van der Waals surface area contributed by atoms with E-state index in [0.717, 1.165) is 56.8 Å². The summed E-state index contributed by atoms with van der Waals surface area (Å²) in [5, 5.41) is 3.51. The van der Waals surface area contributed by atoms with Gasteiger partial charge in [0.1, 0.15) is 0 Å². The monoisotopic (exact) mass is 408 g/mol. The number of aromatic nitrogens is 1. The molecule has 0 spiro atoms. The number of rotatable bonds is 11. The fourth-order valence-electron chi connectivity index (χ4n) is 4.10. The van der Waals surface area contributed by atoms with Crippen molar-refractivity contribution >= 4 is 17.7 Å². The smallest absolute Gasteiger partial charge is 0.0844 e. The van der Waals surface area contributed by atoms with Crippen LogP contribution >= 0.6 is 0 Å². The average molecular weight is 409 g/mol. The highest BCUT2D eigenvalue weighted by atomic mass is 15.2. The minimum atomic E-state index is 0.398. The molecule has 0 saturated heterocycles. The minimum Gasteiger partial charge on any atom is -0.397 e. The third kappa shape index (κ3) is 6.46. The van der Waals surface area contributed by atoms with Crippen molar-refractivity contribution in [3.8, 4) is 0 Å². The molecule has 0 fully saturated rings. The maximum Gasteiger partial charge on any atom is 0.0844 e. The lowest BCUT2D eigenvalue weighted by Gasteiger charge is -2.35. The summed E-state index contributed by atoms with van der Waals surface area (Å²) in [5.41, 5.74) is 10.6. The first kappa shape index (κ1) is 22.1. The van der Waals surface area contributed by atoms with Crippen LogP contribution in [0.3, 0.4) is 0 Å². The molecule has 0 saturated carbocycles. The highest BCUT2D eigenvalue weighted by Crippen LogP contribution is 2.32. The molecular formula is C24H36N6. The number of unbranched alkanes of at least 4 members (excludes halogenated alkanes) is 1. The number of nitrogens with zero attached hydrogens (tertiary/aromatic N) is 4. The Hall–Kier alpha value is -2.60. The summed E-state index contributed by atoms with van der Waals surface area (Å²) in [6.07, 6.45) is 9.62. The first-order valence-electron chi connectivity index (χ1n) is 11.1. The molecule has 30 heavy (non-hydrogen) atoms. The molecule has 1 aliphatic rings. The van der Waals surface area contributed by atoms with E-state index in [1.54, 1.807) is 0 Å². The molecule has 0 aliphatic heterocycles. The van der Waals surface area contributed by atoms with Crippen molar-refractivity contribution in [1.29, 1.82) is 0 Å². The fraction of sp³-hybridized carbons (Fsp3) is 0.500. The summed E-state index contributed by atoms with van der Waals surface area (Å²) in [7, 11) is 4.01. The number of anilines is 2. The van der Waals surface area contributed by atoms with Gasteiger partial charge in [-0.05, 0) is 62.4 Å². The Kier molecular flexibility index (Phi) is 8.51. The average Bonchev–Trinajstić information content (AvgIpc) is 2.75. The Morgan fingerprint density at radius 2 is 2.03 bits per heavy atom. The summed E-state index contributed by atoms with van der Waals surface area (Å²) < 4.78 is 0. The van der Waals surface area contributed by atoms with Crippen molar-refractivity contribution < 1.29 is 0 Å². The Labute approximate surface area is 181 Å². The van der Waals surface area contributed by atoms with Gasteiger partial charge >= 0.3 is 0 Å². The Morgan fingerprint density at radius 1 is 1.17 bits per heavy atom. The predicted molar refractivity (Wildman–Crippen MR) is 127 cm³/mol. The van der Waals surface area contributed by atoms with E-state index >= 15 is 0 Å². The van der Waals surface area contributed by atoms with Crippen molar-refractivity contribution in [2.24, 2.45) is 4.99 Å². The quantitative estimate of drug-likeness (QED) is 0.256. The molecule has 0 amide bonds. The number of hydrogen-bond acceptors (Lipinski definition) is 5. The molecule has 1 aliphatic carbocycles. The van der Waals surface area contributed by atoms with Gasteiger partial charge in [-0.1, -0.05) is 18.2 Å². The van der Waals surface area contributed by atoms with Crippen LogP contribution in [0.25, 0.3) is 0 Å². The number of nitrogens with two attached hydrogens (primary N) is 1. The second-order valence-electron chi connectivity index (χ2n) is 8.20. The standard InChI is InChI=1S/C24H36N6/c1-29(2)19-26-14-5-6-17-30(18-16-27-22-12-4-3-11-21(22)25)23-13-7-9-20-10-8-15-28-24(20)23/h3-4,8,10-12,15,19,23,27H,5-7,9,13-14,16-18,25H2,1-2H3. The van der Waals surface area contributed by atoms with Crippen LogP contribution in [0.4, 0.5) is 11.4 Å². The molecular weight excluding hydrogens is 372 g/mol. The van der Waals surface area contributed by atoms with Crippen LogP contribution in [-0.4, -0.2) is 61.4 Å². The number of pyridine rings is 1. The van der Waals surface area contributed by atoms with Crippen molar-refractivity contribution in [3.63, 3.8) is 0 Å². The predicted octanol–water partition coefficient (Wildman–Crippen LogP) is 3.83. The molecule has 1 heterocycles. The van der Waals surface area contributed by atoms with E-state index in [1.807, 2.05) is 55.8 Å². The zero-order valence-corrected chi connectivity index (χ0v) is 18.4. The number of hydrogen-bond donors (Lipinski definition) is 2. The lowest BCUT2D eigenvalue weighted by molar-refractivity contribution is 0.178. The van der Waals surface area contributed by atoms with Crippen molar-refractivity contribution in [3.05, 3.63) is 53.9 Å². The first-order chi connectivity index (χ1) is 14.6. The number of nitrogens with one attached hydrogen (secondary N) is 1. The summed E-state index contributed by atoms with van der Waals surface area (Å²) in [6.45, 7) is 3.77.